The number of hydrogen-bond donors (Lipinski definition) is 1. The molecule has 162 valence electrons. The molecule has 8 heteroatoms. The van der Waals surface area contributed by atoms with Gasteiger partial charge in [0, 0.05) is 7.05 Å². The highest BCUT2D eigenvalue weighted by Crippen LogP contribution is 2.36. The zero-order valence-corrected chi connectivity index (χ0v) is 17.7. The van der Waals surface area contributed by atoms with Gasteiger partial charge in [0.15, 0.2) is 6.61 Å². The molecule has 1 heterocycles. The molecule has 2 aliphatic rings. The third-order valence-corrected chi connectivity index (χ3v) is 6.27. The third kappa shape index (κ3) is 4.47. The van der Waals surface area contributed by atoms with E-state index < -0.39 is 30.7 Å². The van der Waals surface area contributed by atoms with Gasteiger partial charge in [0.1, 0.15) is 12.1 Å². The summed E-state index contributed by atoms with van der Waals surface area (Å²) in [6.45, 7) is 3.06. The number of hydrogen-bond acceptors (Lipinski definition) is 5. The normalized spacial score (nSPS) is 24.5. The van der Waals surface area contributed by atoms with Crippen LogP contribution in [0.5, 0.6) is 0 Å². The zero-order valence-electron chi connectivity index (χ0n) is 17.7. The Morgan fingerprint density at radius 1 is 1.23 bits per heavy atom. The lowest BCUT2D eigenvalue weighted by Gasteiger charge is -2.33. The second-order valence-electron chi connectivity index (χ2n) is 8.34. The lowest BCUT2D eigenvalue weighted by atomic mass is 9.77. The van der Waals surface area contributed by atoms with Gasteiger partial charge in [-0.2, -0.15) is 0 Å². The Kier molecular flexibility index (Phi) is 6.43. The zero-order chi connectivity index (χ0) is 21.9. The molecule has 1 aromatic carbocycles. The van der Waals surface area contributed by atoms with Crippen molar-refractivity contribution in [3.05, 3.63) is 35.9 Å². The van der Waals surface area contributed by atoms with Gasteiger partial charge in [-0.1, -0.05) is 37.3 Å². The summed E-state index contributed by atoms with van der Waals surface area (Å²) >= 11 is 0. The summed E-state index contributed by atoms with van der Waals surface area (Å²) in [4.78, 5) is 52.1. The third-order valence-electron chi connectivity index (χ3n) is 6.27. The number of ether oxygens (including phenoxy) is 1. The van der Waals surface area contributed by atoms with E-state index in [-0.39, 0.29) is 17.9 Å². The quantitative estimate of drug-likeness (QED) is 0.568. The van der Waals surface area contributed by atoms with Gasteiger partial charge in [0.05, 0.1) is 6.04 Å². The van der Waals surface area contributed by atoms with Crippen LogP contribution in [0.1, 0.15) is 51.1 Å². The first kappa shape index (κ1) is 21.8. The number of nitrogens with one attached hydrogen (secondary N) is 1. The standard InChI is InChI=1S/C22H29N3O5/c1-15-9-11-22(12-10-15)20(28)25(21(29)23-22)13-19(27)30-14-18(26)24(3)16(2)17-7-5-4-6-8-17/h4-8,15-16H,9-14H2,1-3H3,(H,23,29). The van der Waals surface area contributed by atoms with Crippen LogP contribution in [-0.4, -0.2) is 59.4 Å². The van der Waals surface area contributed by atoms with Gasteiger partial charge in [-0.15, -0.1) is 0 Å². The van der Waals surface area contributed by atoms with Crippen LogP contribution in [0.4, 0.5) is 4.79 Å². The second-order valence-corrected chi connectivity index (χ2v) is 8.34. The van der Waals surface area contributed by atoms with Crippen molar-refractivity contribution in [2.45, 2.75) is 51.1 Å². The minimum atomic E-state index is -0.898. The van der Waals surface area contributed by atoms with Crippen molar-refractivity contribution in [3.8, 4) is 0 Å². The average Bonchev–Trinajstić information content (AvgIpc) is 2.97. The molecule has 1 spiro atoms. The maximum absolute atomic E-state index is 12.8. The Morgan fingerprint density at radius 2 is 1.87 bits per heavy atom. The lowest BCUT2D eigenvalue weighted by Crippen LogP contribution is -2.49. The van der Waals surface area contributed by atoms with Crippen LogP contribution in [0, 0.1) is 5.92 Å². The van der Waals surface area contributed by atoms with E-state index in [0.29, 0.717) is 18.8 Å². The molecular weight excluding hydrogens is 386 g/mol. The van der Waals surface area contributed by atoms with Crippen molar-refractivity contribution in [2.24, 2.45) is 5.92 Å². The van der Waals surface area contributed by atoms with E-state index in [2.05, 4.69) is 12.2 Å². The van der Waals surface area contributed by atoms with Crippen molar-refractivity contribution in [1.29, 1.82) is 0 Å². The molecule has 2 fully saturated rings. The number of urea groups is 1. The Balaban J connectivity index is 1.51. The highest BCUT2D eigenvalue weighted by Gasteiger charge is 2.52. The smallest absolute Gasteiger partial charge is 0.326 e. The molecule has 4 amide bonds. The number of carbonyl (C=O) groups is 4. The number of imide groups is 1. The Morgan fingerprint density at radius 3 is 2.50 bits per heavy atom. The SMILES string of the molecule is CC1CCC2(CC1)NC(=O)N(CC(=O)OCC(=O)N(C)C(C)c1ccccc1)C2=O. The van der Waals surface area contributed by atoms with Crippen LogP contribution < -0.4 is 5.32 Å². The van der Waals surface area contributed by atoms with Crippen LogP contribution in [-0.2, 0) is 19.1 Å². The maximum Gasteiger partial charge on any atom is 0.326 e. The predicted octanol–water partition coefficient (Wildman–Crippen LogP) is 2.25. The number of rotatable bonds is 6. The van der Waals surface area contributed by atoms with Gasteiger partial charge in [0.2, 0.25) is 0 Å². The summed E-state index contributed by atoms with van der Waals surface area (Å²) in [6.07, 6.45) is 2.85. The first-order valence-corrected chi connectivity index (χ1v) is 10.3. The van der Waals surface area contributed by atoms with Crippen molar-refractivity contribution in [1.82, 2.24) is 15.1 Å². The van der Waals surface area contributed by atoms with Crippen molar-refractivity contribution in [2.75, 3.05) is 20.2 Å². The van der Waals surface area contributed by atoms with Gasteiger partial charge >= 0.3 is 12.0 Å². The van der Waals surface area contributed by atoms with E-state index >= 15 is 0 Å². The molecular formula is C22H29N3O5. The van der Waals surface area contributed by atoms with E-state index in [4.69, 9.17) is 4.74 Å². The summed E-state index contributed by atoms with van der Waals surface area (Å²) in [5, 5.41) is 2.77. The molecule has 3 rings (SSSR count). The van der Waals surface area contributed by atoms with E-state index in [1.54, 1.807) is 7.05 Å². The predicted molar refractivity (Wildman–Crippen MR) is 109 cm³/mol. The first-order chi connectivity index (χ1) is 14.2. The average molecular weight is 415 g/mol. The van der Waals surface area contributed by atoms with Crippen LogP contribution in [0.3, 0.4) is 0 Å². The summed E-state index contributed by atoms with van der Waals surface area (Å²) in [6, 6.07) is 8.75. The molecule has 1 aliphatic heterocycles. The Bertz CT molecular complexity index is 817. The van der Waals surface area contributed by atoms with Gasteiger partial charge in [-0.3, -0.25) is 19.3 Å². The van der Waals surface area contributed by atoms with E-state index in [1.165, 1.54) is 4.90 Å². The number of benzene rings is 1. The van der Waals surface area contributed by atoms with Crippen molar-refractivity contribution < 1.29 is 23.9 Å². The second kappa shape index (κ2) is 8.85. The topological polar surface area (TPSA) is 96.0 Å². The van der Waals surface area contributed by atoms with Gasteiger partial charge < -0.3 is 15.0 Å². The van der Waals surface area contributed by atoms with E-state index in [0.717, 1.165) is 23.3 Å². The number of esters is 1. The van der Waals surface area contributed by atoms with E-state index in [9.17, 15) is 19.2 Å². The number of carbonyl (C=O) groups excluding carboxylic acids is 4. The summed E-state index contributed by atoms with van der Waals surface area (Å²) in [5.41, 5.74) is 0.0662. The summed E-state index contributed by atoms with van der Waals surface area (Å²) < 4.78 is 5.06. The molecule has 0 aromatic heterocycles. The van der Waals surface area contributed by atoms with E-state index in [1.807, 2.05) is 37.3 Å². The molecule has 1 aliphatic carbocycles. The van der Waals surface area contributed by atoms with Crippen LogP contribution in [0.2, 0.25) is 0 Å². The maximum atomic E-state index is 12.8. The van der Waals surface area contributed by atoms with Crippen LogP contribution >= 0.6 is 0 Å². The highest BCUT2D eigenvalue weighted by molar-refractivity contribution is 6.08. The molecule has 1 N–H and O–H groups in total. The van der Waals surface area contributed by atoms with Crippen molar-refractivity contribution >= 4 is 23.8 Å². The number of nitrogens with zero attached hydrogens (tertiary/aromatic N) is 2. The molecule has 8 nitrogen and oxygen atoms in total. The first-order valence-electron chi connectivity index (χ1n) is 10.3. The highest BCUT2D eigenvalue weighted by atomic mass is 16.5. The lowest BCUT2D eigenvalue weighted by molar-refractivity contribution is -0.154. The van der Waals surface area contributed by atoms with Crippen LogP contribution in [0.15, 0.2) is 30.3 Å². The molecule has 1 atom stereocenters. The molecule has 1 saturated heterocycles. The molecule has 0 radical (unpaired) electrons. The fraction of sp³-hybridized carbons (Fsp3) is 0.545. The monoisotopic (exact) mass is 415 g/mol. The number of amides is 4. The fourth-order valence-corrected chi connectivity index (χ4v) is 4.00. The number of likely N-dealkylation sites (N-methyl/N-ethyl adjacent to an activating group) is 1. The van der Waals surface area contributed by atoms with Gasteiger partial charge in [-0.05, 0) is 44.1 Å². The minimum absolute atomic E-state index is 0.183. The minimum Gasteiger partial charge on any atom is -0.454 e. The summed E-state index contributed by atoms with van der Waals surface area (Å²) in [7, 11) is 1.64. The fourth-order valence-electron chi connectivity index (χ4n) is 4.00. The molecule has 1 saturated carbocycles. The van der Waals surface area contributed by atoms with Gasteiger partial charge in [0.25, 0.3) is 11.8 Å². The van der Waals surface area contributed by atoms with Gasteiger partial charge in [-0.25, -0.2) is 4.79 Å². The van der Waals surface area contributed by atoms with Crippen molar-refractivity contribution in [3.63, 3.8) is 0 Å². The Labute approximate surface area is 176 Å². The van der Waals surface area contributed by atoms with Crippen LogP contribution in [0.25, 0.3) is 0 Å². The molecule has 0 bridgehead atoms. The molecule has 30 heavy (non-hydrogen) atoms. The summed E-state index contributed by atoms with van der Waals surface area (Å²) in [5.74, 6) is -1.01. The molecule has 1 aromatic rings. The molecule has 1 unspecified atom stereocenters. The largest absolute Gasteiger partial charge is 0.454 e. The Hall–Kier alpha value is -2.90.